The average Bonchev–Trinajstić information content (AvgIpc) is 2.48. The van der Waals surface area contributed by atoms with Crippen molar-refractivity contribution < 1.29 is 4.79 Å². The molecule has 1 aromatic heterocycles. The summed E-state index contributed by atoms with van der Waals surface area (Å²) in [7, 11) is 0. The number of nitrogens with one attached hydrogen (secondary N) is 1. The van der Waals surface area contributed by atoms with Crippen molar-refractivity contribution in [3.05, 3.63) is 37.2 Å². The Kier molecular flexibility index (Phi) is 5.12. The molecule has 108 valence electrons. The van der Waals surface area contributed by atoms with Crippen LogP contribution < -0.4 is 11.1 Å². The van der Waals surface area contributed by atoms with Crippen LogP contribution in [0, 0.1) is 5.92 Å². The SMILES string of the molecule is C=CC[C@@H](N)C1CCN(C(=O)Nc2ccncc2)CC1. The number of likely N-dealkylation sites (tertiary alicyclic amines) is 1. The first-order chi connectivity index (χ1) is 9.70. The summed E-state index contributed by atoms with van der Waals surface area (Å²) in [5.74, 6) is 0.484. The third-order valence-electron chi connectivity index (χ3n) is 3.80. The summed E-state index contributed by atoms with van der Waals surface area (Å²) in [5, 5.41) is 2.88. The number of piperidine rings is 1. The Morgan fingerprint density at radius 3 is 2.75 bits per heavy atom. The smallest absolute Gasteiger partial charge is 0.321 e. The van der Waals surface area contributed by atoms with E-state index in [0.717, 1.165) is 38.0 Å². The molecule has 1 aliphatic rings. The van der Waals surface area contributed by atoms with E-state index in [1.54, 1.807) is 24.5 Å². The Morgan fingerprint density at radius 1 is 1.50 bits per heavy atom. The lowest BCUT2D eigenvalue weighted by atomic mass is 9.88. The maximum Gasteiger partial charge on any atom is 0.321 e. The maximum atomic E-state index is 12.1. The van der Waals surface area contributed by atoms with Crippen LogP contribution >= 0.6 is 0 Å². The number of pyridine rings is 1. The number of hydrogen-bond donors (Lipinski definition) is 2. The molecule has 20 heavy (non-hydrogen) atoms. The molecule has 0 spiro atoms. The van der Waals surface area contributed by atoms with Crippen LogP contribution in [0.5, 0.6) is 0 Å². The minimum atomic E-state index is -0.0491. The third-order valence-corrected chi connectivity index (χ3v) is 3.80. The number of aromatic nitrogens is 1. The van der Waals surface area contributed by atoms with Crippen molar-refractivity contribution in [1.82, 2.24) is 9.88 Å². The van der Waals surface area contributed by atoms with E-state index in [1.807, 2.05) is 11.0 Å². The second kappa shape index (κ2) is 7.05. The topological polar surface area (TPSA) is 71.2 Å². The Bertz CT molecular complexity index is 440. The number of rotatable bonds is 4. The van der Waals surface area contributed by atoms with Crippen molar-refractivity contribution in [2.45, 2.75) is 25.3 Å². The summed E-state index contributed by atoms with van der Waals surface area (Å²) in [4.78, 5) is 17.9. The van der Waals surface area contributed by atoms with Gasteiger partial charge in [0.15, 0.2) is 0 Å². The summed E-state index contributed by atoms with van der Waals surface area (Å²) >= 11 is 0. The van der Waals surface area contributed by atoms with Crippen molar-refractivity contribution in [1.29, 1.82) is 0 Å². The third kappa shape index (κ3) is 3.81. The minimum Gasteiger partial charge on any atom is -0.327 e. The maximum absolute atomic E-state index is 12.1. The second-order valence-electron chi connectivity index (χ2n) is 5.18. The Hall–Kier alpha value is -1.88. The molecular formula is C15H22N4O. The molecule has 5 heteroatoms. The number of carbonyl (C=O) groups is 1. The lowest BCUT2D eigenvalue weighted by Crippen LogP contribution is -2.44. The van der Waals surface area contributed by atoms with Gasteiger partial charge in [-0.3, -0.25) is 4.98 Å². The summed E-state index contributed by atoms with van der Waals surface area (Å²) in [5.41, 5.74) is 6.88. The molecule has 0 aromatic carbocycles. The van der Waals surface area contributed by atoms with Crippen molar-refractivity contribution in [3.63, 3.8) is 0 Å². The van der Waals surface area contributed by atoms with Crippen LogP contribution in [0.4, 0.5) is 10.5 Å². The van der Waals surface area contributed by atoms with Crippen LogP contribution in [0.25, 0.3) is 0 Å². The molecule has 1 fully saturated rings. The van der Waals surface area contributed by atoms with Crippen molar-refractivity contribution >= 4 is 11.7 Å². The Balaban J connectivity index is 1.81. The van der Waals surface area contributed by atoms with Crippen molar-refractivity contribution in [2.24, 2.45) is 11.7 Å². The first-order valence-electron chi connectivity index (χ1n) is 7.03. The van der Waals surface area contributed by atoms with E-state index in [9.17, 15) is 4.79 Å². The highest BCUT2D eigenvalue weighted by Gasteiger charge is 2.26. The average molecular weight is 274 g/mol. The van der Waals surface area contributed by atoms with Gasteiger partial charge in [-0.15, -0.1) is 6.58 Å². The fourth-order valence-electron chi connectivity index (χ4n) is 2.55. The number of anilines is 1. The lowest BCUT2D eigenvalue weighted by molar-refractivity contribution is 0.174. The van der Waals surface area contributed by atoms with Gasteiger partial charge >= 0.3 is 6.03 Å². The molecule has 1 aromatic rings. The molecule has 1 atom stereocenters. The van der Waals surface area contributed by atoms with Crippen molar-refractivity contribution in [3.8, 4) is 0 Å². The summed E-state index contributed by atoms with van der Waals surface area (Å²) in [6.45, 7) is 5.24. The predicted octanol–water partition coefficient (Wildman–Crippen LogP) is 2.23. The molecule has 3 N–H and O–H groups in total. The fourth-order valence-corrected chi connectivity index (χ4v) is 2.55. The van der Waals surface area contributed by atoms with Crippen molar-refractivity contribution in [2.75, 3.05) is 18.4 Å². The number of urea groups is 1. The summed E-state index contributed by atoms with van der Waals surface area (Å²) < 4.78 is 0. The van der Waals surface area contributed by atoms with Crippen LogP contribution in [0.15, 0.2) is 37.2 Å². The zero-order valence-electron chi connectivity index (χ0n) is 11.7. The van der Waals surface area contributed by atoms with E-state index in [4.69, 9.17) is 5.73 Å². The number of hydrogen-bond acceptors (Lipinski definition) is 3. The van der Waals surface area contributed by atoms with E-state index in [-0.39, 0.29) is 12.1 Å². The van der Waals surface area contributed by atoms with Gasteiger partial charge < -0.3 is 16.0 Å². The van der Waals surface area contributed by atoms with E-state index < -0.39 is 0 Å². The van der Waals surface area contributed by atoms with Gasteiger partial charge in [0.25, 0.3) is 0 Å². The van der Waals surface area contributed by atoms with Gasteiger partial charge in [0.05, 0.1) is 0 Å². The molecule has 1 aliphatic heterocycles. The van der Waals surface area contributed by atoms with Gasteiger partial charge in [-0.1, -0.05) is 6.08 Å². The molecular weight excluding hydrogens is 252 g/mol. The molecule has 2 amide bonds. The lowest BCUT2D eigenvalue weighted by Gasteiger charge is -2.34. The zero-order chi connectivity index (χ0) is 14.4. The molecule has 1 saturated heterocycles. The normalized spacial score (nSPS) is 17.6. The van der Waals surface area contributed by atoms with Gasteiger partial charge in [0, 0.05) is 37.2 Å². The molecule has 5 nitrogen and oxygen atoms in total. The highest BCUT2D eigenvalue weighted by atomic mass is 16.2. The molecule has 2 rings (SSSR count). The highest BCUT2D eigenvalue weighted by Crippen LogP contribution is 2.22. The Labute approximate surface area is 119 Å². The molecule has 0 radical (unpaired) electrons. The minimum absolute atomic E-state index is 0.0491. The molecule has 0 saturated carbocycles. The predicted molar refractivity (Wildman–Crippen MR) is 80.3 cm³/mol. The van der Waals surface area contributed by atoms with Gasteiger partial charge in [-0.25, -0.2) is 4.79 Å². The van der Waals surface area contributed by atoms with Gasteiger partial charge in [-0.05, 0) is 37.3 Å². The summed E-state index contributed by atoms with van der Waals surface area (Å²) in [6.07, 6.45) is 7.95. The first-order valence-corrected chi connectivity index (χ1v) is 7.03. The first kappa shape index (κ1) is 14.5. The highest BCUT2D eigenvalue weighted by molar-refractivity contribution is 5.89. The number of amides is 2. The van der Waals surface area contributed by atoms with Crippen LogP contribution in [0.3, 0.4) is 0 Å². The largest absolute Gasteiger partial charge is 0.327 e. The van der Waals surface area contributed by atoms with Crippen LogP contribution in [0.2, 0.25) is 0 Å². The number of nitrogens with zero attached hydrogens (tertiary/aromatic N) is 2. The molecule has 2 heterocycles. The Morgan fingerprint density at radius 2 is 2.15 bits per heavy atom. The van der Waals surface area contributed by atoms with E-state index in [1.165, 1.54) is 0 Å². The van der Waals surface area contributed by atoms with E-state index in [2.05, 4.69) is 16.9 Å². The van der Waals surface area contributed by atoms with Crippen LogP contribution in [-0.2, 0) is 0 Å². The van der Waals surface area contributed by atoms with Gasteiger partial charge in [-0.2, -0.15) is 0 Å². The second-order valence-corrected chi connectivity index (χ2v) is 5.18. The quantitative estimate of drug-likeness (QED) is 0.827. The van der Waals surface area contributed by atoms with Gasteiger partial charge in [0.1, 0.15) is 0 Å². The monoisotopic (exact) mass is 274 g/mol. The molecule has 0 aliphatic carbocycles. The standard InChI is InChI=1S/C15H22N4O/c1-2-3-14(16)12-6-10-19(11-7-12)15(20)18-13-4-8-17-9-5-13/h2,4-5,8-9,12,14H,1,3,6-7,10-11,16H2,(H,17,18,20)/t14-/m1/s1. The van der Waals surface area contributed by atoms with E-state index >= 15 is 0 Å². The molecule has 0 unspecified atom stereocenters. The van der Waals surface area contributed by atoms with Gasteiger partial charge in [0.2, 0.25) is 0 Å². The van der Waals surface area contributed by atoms with Crippen LogP contribution in [-0.4, -0.2) is 35.0 Å². The number of nitrogens with two attached hydrogens (primary N) is 1. The van der Waals surface area contributed by atoms with Crippen LogP contribution in [0.1, 0.15) is 19.3 Å². The molecule has 0 bridgehead atoms. The summed E-state index contributed by atoms with van der Waals surface area (Å²) in [6, 6.07) is 3.68. The zero-order valence-corrected chi connectivity index (χ0v) is 11.7. The van der Waals surface area contributed by atoms with E-state index in [0.29, 0.717) is 5.92 Å². The number of carbonyl (C=O) groups excluding carboxylic acids is 1. The fraction of sp³-hybridized carbons (Fsp3) is 0.467.